The van der Waals surface area contributed by atoms with Gasteiger partial charge in [0.2, 0.25) is 0 Å². The monoisotopic (exact) mass is 227 g/mol. The molecule has 1 atom stereocenters. The van der Waals surface area contributed by atoms with E-state index < -0.39 is 0 Å². The third-order valence-electron chi connectivity index (χ3n) is 3.60. The third kappa shape index (κ3) is 4.40. The summed E-state index contributed by atoms with van der Waals surface area (Å²) in [7, 11) is 0. The highest BCUT2D eigenvalue weighted by Gasteiger charge is 2.21. The van der Waals surface area contributed by atoms with E-state index in [4.69, 9.17) is 0 Å². The molecule has 0 spiro atoms. The fourth-order valence-electron chi connectivity index (χ4n) is 2.35. The van der Waals surface area contributed by atoms with Crippen LogP contribution in [0, 0.1) is 0 Å². The molecule has 1 saturated heterocycles. The molecular formula is C13H29N3. The van der Waals surface area contributed by atoms with Crippen molar-refractivity contribution in [3.05, 3.63) is 0 Å². The molecular weight excluding hydrogens is 198 g/mol. The summed E-state index contributed by atoms with van der Waals surface area (Å²) in [6.07, 6.45) is 1.26. The summed E-state index contributed by atoms with van der Waals surface area (Å²) in [5.74, 6) is 0. The average Bonchev–Trinajstić information content (AvgIpc) is 2.30. The maximum atomic E-state index is 3.56. The summed E-state index contributed by atoms with van der Waals surface area (Å²) in [6.45, 7) is 16.3. The maximum absolute atomic E-state index is 3.56. The second-order valence-electron chi connectivity index (χ2n) is 5.10. The van der Waals surface area contributed by atoms with Crippen molar-refractivity contribution in [2.24, 2.45) is 0 Å². The Morgan fingerprint density at radius 2 is 1.69 bits per heavy atom. The van der Waals surface area contributed by atoms with Gasteiger partial charge in [-0.25, -0.2) is 0 Å². The van der Waals surface area contributed by atoms with Gasteiger partial charge >= 0.3 is 0 Å². The van der Waals surface area contributed by atoms with E-state index in [0.717, 1.165) is 12.6 Å². The summed E-state index contributed by atoms with van der Waals surface area (Å²) in [5, 5.41) is 3.56. The number of nitrogens with zero attached hydrogens (tertiary/aromatic N) is 2. The molecule has 1 rings (SSSR count). The second kappa shape index (κ2) is 7.25. The van der Waals surface area contributed by atoms with Gasteiger partial charge in [-0.15, -0.1) is 0 Å². The SMILES string of the molecule is CCC(CNC(C)C)N1CCN(CC)CC1. The van der Waals surface area contributed by atoms with E-state index in [-0.39, 0.29) is 0 Å². The molecule has 1 N–H and O–H groups in total. The third-order valence-corrected chi connectivity index (χ3v) is 3.60. The molecule has 3 nitrogen and oxygen atoms in total. The summed E-state index contributed by atoms with van der Waals surface area (Å²) < 4.78 is 0. The van der Waals surface area contributed by atoms with Gasteiger partial charge in [0.1, 0.15) is 0 Å². The maximum Gasteiger partial charge on any atom is 0.0219 e. The predicted octanol–water partition coefficient (Wildman–Crippen LogP) is 1.40. The highest BCUT2D eigenvalue weighted by Crippen LogP contribution is 2.08. The van der Waals surface area contributed by atoms with Crippen molar-refractivity contribution < 1.29 is 0 Å². The summed E-state index contributed by atoms with van der Waals surface area (Å²) in [4.78, 5) is 5.20. The molecule has 3 heteroatoms. The fraction of sp³-hybridized carbons (Fsp3) is 1.00. The largest absolute Gasteiger partial charge is 0.313 e. The first-order valence-electron chi connectivity index (χ1n) is 6.87. The van der Waals surface area contributed by atoms with Crippen molar-refractivity contribution in [3.63, 3.8) is 0 Å². The molecule has 1 unspecified atom stereocenters. The van der Waals surface area contributed by atoms with Crippen LogP contribution >= 0.6 is 0 Å². The molecule has 1 aliphatic heterocycles. The molecule has 1 aliphatic rings. The van der Waals surface area contributed by atoms with E-state index in [9.17, 15) is 0 Å². The van der Waals surface area contributed by atoms with Gasteiger partial charge in [0, 0.05) is 44.8 Å². The van der Waals surface area contributed by atoms with Gasteiger partial charge in [-0.2, -0.15) is 0 Å². The molecule has 16 heavy (non-hydrogen) atoms. The van der Waals surface area contributed by atoms with Crippen molar-refractivity contribution in [3.8, 4) is 0 Å². The summed E-state index contributed by atoms with van der Waals surface area (Å²) in [5.41, 5.74) is 0. The van der Waals surface area contributed by atoms with Crippen molar-refractivity contribution in [2.75, 3.05) is 39.3 Å². The van der Waals surface area contributed by atoms with Crippen LogP contribution in [-0.4, -0.2) is 61.2 Å². The predicted molar refractivity (Wildman–Crippen MR) is 70.9 cm³/mol. The van der Waals surface area contributed by atoms with Gasteiger partial charge in [0.25, 0.3) is 0 Å². The van der Waals surface area contributed by atoms with E-state index in [1.54, 1.807) is 0 Å². The molecule has 0 bridgehead atoms. The number of piperazine rings is 1. The zero-order valence-corrected chi connectivity index (χ0v) is 11.5. The first kappa shape index (κ1) is 13.9. The highest BCUT2D eigenvalue weighted by molar-refractivity contribution is 4.79. The Hall–Kier alpha value is -0.120. The van der Waals surface area contributed by atoms with E-state index >= 15 is 0 Å². The lowest BCUT2D eigenvalue weighted by atomic mass is 10.1. The summed E-state index contributed by atoms with van der Waals surface area (Å²) in [6, 6.07) is 1.33. The molecule has 0 aromatic carbocycles. The number of likely N-dealkylation sites (N-methyl/N-ethyl adjacent to an activating group) is 1. The van der Waals surface area contributed by atoms with Crippen LogP contribution in [0.25, 0.3) is 0 Å². The van der Waals surface area contributed by atoms with Crippen LogP contribution in [-0.2, 0) is 0 Å². The second-order valence-corrected chi connectivity index (χ2v) is 5.10. The van der Waals surface area contributed by atoms with Gasteiger partial charge in [-0.1, -0.05) is 27.7 Å². The lowest BCUT2D eigenvalue weighted by molar-refractivity contribution is 0.0956. The Kier molecular flexibility index (Phi) is 6.32. The molecule has 0 aliphatic carbocycles. The molecule has 1 heterocycles. The standard InChI is InChI=1S/C13H29N3/c1-5-13(11-14-12(3)4)16-9-7-15(6-2)8-10-16/h12-14H,5-11H2,1-4H3. The van der Waals surface area contributed by atoms with E-state index in [1.165, 1.54) is 39.1 Å². The molecule has 1 fully saturated rings. The van der Waals surface area contributed by atoms with Crippen molar-refractivity contribution >= 4 is 0 Å². The Balaban J connectivity index is 2.31. The first-order valence-corrected chi connectivity index (χ1v) is 6.87. The molecule has 0 radical (unpaired) electrons. The molecule has 0 amide bonds. The number of hydrogen-bond acceptors (Lipinski definition) is 3. The van der Waals surface area contributed by atoms with Gasteiger partial charge < -0.3 is 10.2 Å². The Morgan fingerprint density at radius 3 is 2.12 bits per heavy atom. The van der Waals surface area contributed by atoms with Gasteiger partial charge in [0.15, 0.2) is 0 Å². The van der Waals surface area contributed by atoms with Crippen molar-refractivity contribution in [1.29, 1.82) is 0 Å². The molecule has 0 aromatic heterocycles. The quantitative estimate of drug-likeness (QED) is 0.740. The van der Waals surface area contributed by atoms with Crippen LogP contribution in [0.1, 0.15) is 34.1 Å². The van der Waals surface area contributed by atoms with Crippen LogP contribution in [0.15, 0.2) is 0 Å². The number of hydrogen-bond donors (Lipinski definition) is 1. The normalized spacial score (nSPS) is 21.6. The van der Waals surface area contributed by atoms with Crippen LogP contribution < -0.4 is 5.32 Å². The zero-order valence-electron chi connectivity index (χ0n) is 11.5. The number of nitrogens with one attached hydrogen (secondary N) is 1. The fourth-order valence-corrected chi connectivity index (χ4v) is 2.35. The van der Waals surface area contributed by atoms with E-state index in [0.29, 0.717) is 6.04 Å². The molecule has 0 saturated carbocycles. The van der Waals surface area contributed by atoms with Crippen LogP contribution in [0.5, 0.6) is 0 Å². The lowest BCUT2D eigenvalue weighted by Gasteiger charge is -2.39. The van der Waals surface area contributed by atoms with Crippen LogP contribution in [0.4, 0.5) is 0 Å². The highest BCUT2D eigenvalue weighted by atomic mass is 15.3. The molecule has 0 aromatic rings. The Labute approximate surface area is 101 Å². The van der Waals surface area contributed by atoms with E-state index in [1.807, 2.05) is 0 Å². The first-order chi connectivity index (χ1) is 7.67. The van der Waals surface area contributed by atoms with E-state index in [2.05, 4.69) is 42.8 Å². The summed E-state index contributed by atoms with van der Waals surface area (Å²) >= 11 is 0. The minimum atomic E-state index is 0.603. The minimum Gasteiger partial charge on any atom is -0.313 e. The van der Waals surface area contributed by atoms with Gasteiger partial charge in [0.05, 0.1) is 0 Å². The Bertz CT molecular complexity index is 174. The Morgan fingerprint density at radius 1 is 1.06 bits per heavy atom. The van der Waals surface area contributed by atoms with Crippen molar-refractivity contribution in [1.82, 2.24) is 15.1 Å². The molecule has 96 valence electrons. The topological polar surface area (TPSA) is 18.5 Å². The van der Waals surface area contributed by atoms with Crippen LogP contribution in [0.3, 0.4) is 0 Å². The van der Waals surface area contributed by atoms with Gasteiger partial charge in [-0.05, 0) is 13.0 Å². The smallest absolute Gasteiger partial charge is 0.0219 e. The van der Waals surface area contributed by atoms with Crippen molar-refractivity contribution in [2.45, 2.75) is 46.2 Å². The average molecular weight is 227 g/mol. The minimum absolute atomic E-state index is 0.603. The lowest BCUT2D eigenvalue weighted by Crippen LogP contribution is -2.53. The van der Waals surface area contributed by atoms with Crippen LogP contribution in [0.2, 0.25) is 0 Å². The zero-order chi connectivity index (χ0) is 12.0. The number of rotatable bonds is 6. The van der Waals surface area contributed by atoms with Gasteiger partial charge in [-0.3, -0.25) is 4.90 Å².